The monoisotopic (exact) mass is 272 g/mol. The summed E-state index contributed by atoms with van der Waals surface area (Å²) >= 11 is 0. The Morgan fingerprint density at radius 3 is 2.35 bits per heavy atom. The molecule has 0 saturated carbocycles. The standard InChI is InChI=1S/C14H12N2O4/c1-9-6-7-10(8-15-9)20-14(18)12-5-3-4-11(16-12)13(17)19-2/h3-8H,1-2H3. The number of hydrogen-bond donors (Lipinski definition) is 0. The van der Waals surface area contributed by atoms with Crippen molar-refractivity contribution in [3.8, 4) is 5.75 Å². The van der Waals surface area contributed by atoms with Crippen LogP contribution in [-0.2, 0) is 4.74 Å². The molecule has 0 bridgehead atoms. The third-order valence-electron chi connectivity index (χ3n) is 2.45. The Hall–Kier alpha value is -2.76. The Bertz CT molecular complexity index is 638. The minimum absolute atomic E-state index is 0.0217. The molecule has 6 heteroatoms. The summed E-state index contributed by atoms with van der Waals surface area (Å²) in [7, 11) is 1.24. The van der Waals surface area contributed by atoms with Gasteiger partial charge in [0, 0.05) is 5.69 Å². The zero-order chi connectivity index (χ0) is 14.5. The van der Waals surface area contributed by atoms with Gasteiger partial charge in [0.1, 0.15) is 17.1 Å². The van der Waals surface area contributed by atoms with Gasteiger partial charge in [-0.05, 0) is 31.2 Å². The van der Waals surface area contributed by atoms with Gasteiger partial charge in [-0.2, -0.15) is 0 Å². The number of carbonyl (C=O) groups is 2. The summed E-state index contributed by atoms with van der Waals surface area (Å²) in [6.45, 7) is 1.83. The van der Waals surface area contributed by atoms with Crippen molar-refractivity contribution in [3.63, 3.8) is 0 Å². The molecule has 2 heterocycles. The summed E-state index contributed by atoms with van der Waals surface area (Å²) in [6.07, 6.45) is 1.44. The smallest absolute Gasteiger partial charge is 0.362 e. The van der Waals surface area contributed by atoms with Crippen LogP contribution in [0, 0.1) is 6.92 Å². The van der Waals surface area contributed by atoms with Crippen molar-refractivity contribution in [2.75, 3.05) is 7.11 Å². The average molecular weight is 272 g/mol. The van der Waals surface area contributed by atoms with E-state index in [1.807, 2.05) is 6.92 Å². The third-order valence-corrected chi connectivity index (χ3v) is 2.45. The summed E-state index contributed by atoms with van der Waals surface area (Å²) in [6, 6.07) is 7.79. The molecule has 0 spiro atoms. The molecule has 6 nitrogen and oxygen atoms in total. The van der Waals surface area contributed by atoms with E-state index in [1.165, 1.54) is 31.5 Å². The van der Waals surface area contributed by atoms with Gasteiger partial charge in [0.2, 0.25) is 0 Å². The van der Waals surface area contributed by atoms with Gasteiger partial charge >= 0.3 is 11.9 Å². The molecule has 0 N–H and O–H groups in total. The van der Waals surface area contributed by atoms with Gasteiger partial charge in [0.15, 0.2) is 0 Å². The van der Waals surface area contributed by atoms with Crippen LogP contribution >= 0.6 is 0 Å². The van der Waals surface area contributed by atoms with Gasteiger partial charge in [-0.25, -0.2) is 14.6 Å². The first-order chi connectivity index (χ1) is 9.60. The molecule has 0 aliphatic heterocycles. The molecular formula is C14H12N2O4. The number of aryl methyl sites for hydroxylation is 1. The van der Waals surface area contributed by atoms with E-state index in [9.17, 15) is 9.59 Å². The lowest BCUT2D eigenvalue weighted by atomic mass is 10.3. The number of esters is 2. The van der Waals surface area contributed by atoms with Crippen LogP contribution in [-0.4, -0.2) is 29.0 Å². The molecule has 102 valence electrons. The number of ether oxygens (including phenoxy) is 2. The molecule has 2 aromatic rings. The topological polar surface area (TPSA) is 78.4 Å². The second-order valence-electron chi connectivity index (χ2n) is 3.92. The molecule has 20 heavy (non-hydrogen) atoms. The first-order valence-corrected chi connectivity index (χ1v) is 5.80. The van der Waals surface area contributed by atoms with E-state index in [1.54, 1.807) is 12.1 Å². The molecule has 0 saturated heterocycles. The van der Waals surface area contributed by atoms with Gasteiger partial charge in [0.05, 0.1) is 13.3 Å². The second-order valence-corrected chi connectivity index (χ2v) is 3.92. The number of pyridine rings is 2. The quantitative estimate of drug-likeness (QED) is 0.793. The molecule has 0 amide bonds. The molecule has 2 rings (SSSR count). The predicted molar refractivity (Wildman–Crippen MR) is 69.5 cm³/mol. The van der Waals surface area contributed by atoms with E-state index in [2.05, 4.69) is 14.7 Å². The first-order valence-electron chi connectivity index (χ1n) is 5.80. The molecule has 0 aliphatic carbocycles. The highest BCUT2D eigenvalue weighted by atomic mass is 16.5. The number of aromatic nitrogens is 2. The van der Waals surface area contributed by atoms with E-state index in [0.29, 0.717) is 5.75 Å². The van der Waals surface area contributed by atoms with Gasteiger partial charge in [-0.1, -0.05) is 6.07 Å². The largest absolute Gasteiger partial charge is 0.464 e. The Kier molecular flexibility index (Phi) is 4.05. The van der Waals surface area contributed by atoms with Gasteiger partial charge in [-0.3, -0.25) is 4.98 Å². The minimum atomic E-state index is -0.665. The highest BCUT2D eigenvalue weighted by Gasteiger charge is 2.14. The van der Waals surface area contributed by atoms with E-state index in [0.717, 1.165) is 5.69 Å². The molecule has 0 radical (unpaired) electrons. The molecule has 0 aliphatic rings. The van der Waals surface area contributed by atoms with Crippen molar-refractivity contribution in [2.45, 2.75) is 6.92 Å². The van der Waals surface area contributed by atoms with E-state index in [-0.39, 0.29) is 11.4 Å². The number of methoxy groups -OCH3 is 1. The molecule has 0 aromatic carbocycles. The summed E-state index contributed by atoms with van der Waals surface area (Å²) in [4.78, 5) is 31.1. The average Bonchev–Trinajstić information content (AvgIpc) is 2.49. The van der Waals surface area contributed by atoms with Crippen molar-refractivity contribution >= 4 is 11.9 Å². The highest BCUT2D eigenvalue weighted by Crippen LogP contribution is 2.11. The van der Waals surface area contributed by atoms with Crippen molar-refractivity contribution < 1.29 is 19.1 Å². The lowest BCUT2D eigenvalue weighted by Crippen LogP contribution is -2.13. The Morgan fingerprint density at radius 1 is 1.05 bits per heavy atom. The maximum atomic E-state index is 11.9. The maximum absolute atomic E-state index is 11.9. The second kappa shape index (κ2) is 5.92. The van der Waals surface area contributed by atoms with E-state index in [4.69, 9.17) is 4.74 Å². The first kappa shape index (κ1) is 13.7. The highest BCUT2D eigenvalue weighted by molar-refractivity contribution is 5.92. The van der Waals surface area contributed by atoms with Crippen LogP contribution in [0.5, 0.6) is 5.75 Å². The fourth-order valence-corrected chi connectivity index (χ4v) is 1.44. The van der Waals surface area contributed by atoms with Gasteiger partial charge < -0.3 is 9.47 Å². The zero-order valence-electron chi connectivity index (χ0n) is 11.0. The lowest BCUT2D eigenvalue weighted by molar-refractivity contribution is 0.0593. The normalized spacial score (nSPS) is 9.90. The fraction of sp³-hybridized carbons (Fsp3) is 0.143. The number of nitrogens with zero attached hydrogens (tertiary/aromatic N) is 2. The summed E-state index contributed by atoms with van der Waals surface area (Å²) in [5.41, 5.74) is 0.882. The third kappa shape index (κ3) is 3.17. The van der Waals surface area contributed by atoms with E-state index < -0.39 is 11.9 Å². The van der Waals surface area contributed by atoms with Gasteiger partial charge in [0.25, 0.3) is 0 Å². The number of carbonyl (C=O) groups excluding carboxylic acids is 2. The Morgan fingerprint density at radius 2 is 1.75 bits per heavy atom. The molecule has 2 aromatic heterocycles. The molecule has 0 fully saturated rings. The molecule has 0 atom stereocenters. The summed E-state index contributed by atoms with van der Waals surface area (Å²) in [5.74, 6) is -0.969. The Balaban J connectivity index is 2.17. The Labute approximate surface area is 115 Å². The SMILES string of the molecule is COC(=O)c1cccc(C(=O)Oc2ccc(C)nc2)n1. The summed E-state index contributed by atoms with van der Waals surface area (Å²) in [5, 5.41) is 0. The van der Waals surface area contributed by atoms with Crippen molar-refractivity contribution in [1.82, 2.24) is 9.97 Å². The zero-order valence-corrected chi connectivity index (χ0v) is 11.0. The fourth-order valence-electron chi connectivity index (χ4n) is 1.44. The lowest BCUT2D eigenvalue weighted by Gasteiger charge is -2.04. The number of hydrogen-bond acceptors (Lipinski definition) is 6. The summed E-state index contributed by atoms with van der Waals surface area (Å²) < 4.78 is 9.65. The van der Waals surface area contributed by atoms with Gasteiger partial charge in [-0.15, -0.1) is 0 Å². The van der Waals surface area contributed by atoms with Crippen molar-refractivity contribution in [1.29, 1.82) is 0 Å². The number of rotatable bonds is 3. The minimum Gasteiger partial charge on any atom is -0.464 e. The van der Waals surface area contributed by atoms with Crippen LogP contribution in [0.1, 0.15) is 26.7 Å². The van der Waals surface area contributed by atoms with Crippen LogP contribution in [0.2, 0.25) is 0 Å². The van der Waals surface area contributed by atoms with Crippen LogP contribution in [0.3, 0.4) is 0 Å². The van der Waals surface area contributed by atoms with Crippen molar-refractivity contribution in [2.24, 2.45) is 0 Å². The van der Waals surface area contributed by atoms with Crippen molar-refractivity contribution in [3.05, 3.63) is 53.6 Å². The predicted octanol–water partition coefficient (Wildman–Crippen LogP) is 1.79. The molecule has 0 unspecified atom stereocenters. The maximum Gasteiger partial charge on any atom is 0.362 e. The van der Waals surface area contributed by atoms with Crippen LogP contribution < -0.4 is 4.74 Å². The van der Waals surface area contributed by atoms with Crippen LogP contribution in [0.25, 0.3) is 0 Å². The molecular weight excluding hydrogens is 260 g/mol. The van der Waals surface area contributed by atoms with Crippen LogP contribution in [0.15, 0.2) is 36.5 Å². The van der Waals surface area contributed by atoms with E-state index >= 15 is 0 Å². The van der Waals surface area contributed by atoms with Crippen LogP contribution in [0.4, 0.5) is 0 Å².